The summed E-state index contributed by atoms with van der Waals surface area (Å²) >= 11 is 3.44. The van der Waals surface area contributed by atoms with Crippen LogP contribution < -0.4 is 4.90 Å². The fourth-order valence-electron chi connectivity index (χ4n) is 2.92. The number of aromatic nitrogens is 2. The van der Waals surface area contributed by atoms with E-state index in [0.29, 0.717) is 19.1 Å². The van der Waals surface area contributed by atoms with E-state index in [-0.39, 0.29) is 6.09 Å². The van der Waals surface area contributed by atoms with E-state index in [9.17, 15) is 4.79 Å². The quantitative estimate of drug-likeness (QED) is 0.777. The highest BCUT2D eigenvalue weighted by molar-refractivity contribution is 9.10. The largest absolute Gasteiger partial charge is 0.449 e. The number of halogens is 1. The van der Waals surface area contributed by atoms with Crippen LogP contribution in [0.25, 0.3) is 11.0 Å². The van der Waals surface area contributed by atoms with Crippen molar-refractivity contribution in [2.45, 2.75) is 20.3 Å². The first-order chi connectivity index (χ1) is 12.0. The zero-order valence-corrected chi connectivity index (χ0v) is 16.2. The molecule has 0 aliphatic carbocycles. The van der Waals surface area contributed by atoms with Crippen molar-refractivity contribution in [1.82, 2.24) is 14.9 Å². The van der Waals surface area contributed by atoms with Gasteiger partial charge in [-0.25, -0.2) is 4.79 Å². The Morgan fingerprint density at radius 2 is 2.12 bits per heavy atom. The average Bonchev–Trinajstić information content (AvgIpc) is 2.85. The summed E-state index contributed by atoms with van der Waals surface area (Å²) in [5, 5.41) is 0. The molecule has 0 saturated carbocycles. The molecule has 0 N–H and O–H groups in total. The molecule has 134 valence electrons. The molecule has 0 unspecified atom stereocenters. The van der Waals surface area contributed by atoms with Crippen molar-refractivity contribution in [3.05, 3.63) is 29.0 Å². The SMILES string of the molecule is CC(C)COC(=O)N1CCCN(c2ccnc3cc(Br)cnc23)CC1. The second-order valence-corrected chi connectivity index (χ2v) is 7.57. The number of anilines is 1. The van der Waals surface area contributed by atoms with Gasteiger partial charge in [0.05, 0.1) is 17.8 Å². The molecule has 0 bridgehead atoms. The van der Waals surface area contributed by atoms with E-state index in [2.05, 4.69) is 30.8 Å². The second kappa shape index (κ2) is 7.99. The second-order valence-electron chi connectivity index (χ2n) is 6.65. The molecule has 1 aliphatic heterocycles. The maximum absolute atomic E-state index is 12.2. The third kappa shape index (κ3) is 4.39. The van der Waals surface area contributed by atoms with Crippen LogP contribution in [0.3, 0.4) is 0 Å². The first kappa shape index (κ1) is 17.9. The highest BCUT2D eigenvalue weighted by atomic mass is 79.9. The molecule has 2 aromatic rings. The fraction of sp³-hybridized carbons (Fsp3) is 0.500. The van der Waals surface area contributed by atoms with Crippen LogP contribution in [0.2, 0.25) is 0 Å². The predicted octanol–water partition coefficient (Wildman–Crippen LogP) is 3.70. The van der Waals surface area contributed by atoms with Crippen LogP contribution in [0.15, 0.2) is 29.0 Å². The van der Waals surface area contributed by atoms with Crippen LogP contribution in [0.5, 0.6) is 0 Å². The zero-order valence-electron chi connectivity index (χ0n) is 14.6. The summed E-state index contributed by atoms with van der Waals surface area (Å²) in [6.45, 7) is 7.55. The summed E-state index contributed by atoms with van der Waals surface area (Å²) < 4.78 is 6.28. The summed E-state index contributed by atoms with van der Waals surface area (Å²) in [6, 6.07) is 3.97. The maximum Gasteiger partial charge on any atom is 0.409 e. The number of ether oxygens (including phenoxy) is 1. The highest BCUT2D eigenvalue weighted by Crippen LogP contribution is 2.26. The lowest BCUT2D eigenvalue weighted by Crippen LogP contribution is -2.36. The minimum atomic E-state index is -0.211. The van der Waals surface area contributed by atoms with Gasteiger partial charge in [-0.3, -0.25) is 9.97 Å². The molecular formula is C18H23BrN4O2. The van der Waals surface area contributed by atoms with Crippen molar-refractivity contribution in [3.8, 4) is 0 Å². The molecule has 25 heavy (non-hydrogen) atoms. The summed E-state index contributed by atoms with van der Waals surface area (Å²) in [5.41, 5.74) is 2.82. The number of hydrogen-bond donors (Lipinski definition) is 0. The number of fused-ring (bicyclic) bond motifs is 1. The summed E-state index contributed by atoms with van der Waals surface area (Å²) in [6.07, 6.45) is 4.29. The number of carbonyl (C=O) groups is 1. The normalized spacial score (nSPS) is 15.5. The number of hydrogen-bond acceptors (Lipinski definition) is 5. The Morgan fingerprint density at radius 3 is 2.92 bits per heavy atom. The standard InChI is InChI=1S/C18H23BrN4O2/c1-13(2)12-25-18(24)23-7-3-6-22(8-9-23)16-4-5-20-15-10-14(19)11-21-17(15)16/h4-5,10-11,13H,3,6-9,12H2,1-2H3. The van der Waals surface area contributed by atoms with Crippen LogP contribution in [0.1, 0.15) is 20.3 Å². The van der Waals surface area contributed by atoms with Crippen molar-refractivity contribution in [2.24, 2.45) is 5.92 Å². The van der Waals surface area contributed by atoms with Crippen LogP contribution in [-0.4, -0.2) is 53.7 Å². The van der Waals surface area contributed by atoms with Crippen LogP contribution >= 0.6 is 15.9 Å². The fourth-order valence-corrected chi connectivity index (χ4v) is 3.24. The van der Waals surface area contributed by atoms with Gasteiger partial charge in [0.2, 0.25) is 0 Å². The van der Waals surface area contributed by atoms with Gasteiger partial charge in [-0.1, -0.05) is 13.8 Å². The van der Waals surface area contributed by atoms with E-state index in [1.54, 1.807) is 11.1 Å². The summed E-state index contributed by atoms with van der Waals surface area (Å²) in [7, 11) is 0. The van der Waals surface area contributed by atoms with E-state index < -0.39 is 0 Å². The van der Waals surface area contributed by atoms with Gasteiger partial charge in [0.25, 0.3) is 0 Å². The van der Waals surface area contributed by atoms with Crippen molar-refractivity contribution in [2.75, 3.05) is 37.7 Å². The molecule has 1 aliphatic rings. The molecule has 1 fully saturated rings. The molecule has 0 spiro atoms. The minimum Gasteiger partial charge on any atom is -0.449 e. The molecule has 2 aromatic heterocycles. The lowest BCUT2D eigenvalue weighted by molar-refractivity contribution is 0.0943. The number of pyridine rings is 2. The molecule has 0 atom stereocenters. The molecule has 1 saturated heterocycles. The maximum atomic E-state index is 12.2. The van der Waals surface area contributed by atoms with Gasteiger partial charge in [-0.2, -0.15) is 0 Å². The third-order valence-corrected chi connectivity index (χ3v) is 4.59. The average molecular weight is 407 g/mol. The predicted molar refractivity (Wildman–Crippen MR) is 102 cm³/mol. The van der Waals surface area contributed by atoms with E-state index in [4.69, 9.17) is 4.74 Å². The van der Waals surface area contributed by atoms with Gasteiger partial charge in [0, 0.05) is 43.0 Å². The van der Waals surface area contributed by atoms with E-state index in [1.165, 1.54) is 0 Å². The van der Waals surface area contributed by atoms with Gasteiger partial charge in [-0.05, 0) is 40.4 Å². The van der Waals surface area contributed by atoms with Crippen LogP contribution in [-0.2, 0) is 4.74 Å². The summed E-state index contributed by atoms with van der Waals surface area (Å²) in [5.74, 6) is 0.348. The van der Waals surface area contributed by atoms with E-state index in [1.807, 2.05) is 32.2 Å². The van der Waals surface area contributed by atoms with Crippen LogP contribution in [0, 0.1) is 5.92 Å². The van der Waals surface area contributed by atoms with E-state index in [0.717, 1.165) is 47.2 Å². The molecule has 3 heterocycles. The number of carbonyl (C=O) groups excluding carboxylic acids is 1. The third-order valence-electron chi connectivity index (χ3n) is 4.16. The van der Waals surface area contributed by atoms with Crippen molar-refractivity contribution in [3.63, 3.8) is 0 Å². The molecular weight excluding hydrogens is 384 g/mol. The van der Waals surface area contributed by atoms with E-state index >= 15 is 0 Å². The van der Waals surface area contributed by atoms with Gasteiger partial charge < -0.3 is 14.5 Å². The number of rotatable bonds is 3. The topological polar surface area (TPSA) is 58.6 Å². The molecule has 1 amide bonds. The lowest BCUT2D eigenvalue weighted by Gasteiger charge is -2.24. The molecule has 3 rings (SSSR count). The lowest BCUT2D eigenvalue weighted by atomic mass is 10.2. The first-order valence-corrected chi connectivity index (χ1v) is 9.41. The monoisotopic (exact) mass is 406 g/mol. The zero-order chi connectivity index (χ0) is 17.8. The molecule has 0 radical (unpaired) electrons. The Hall–Kier alpha value is -1.89. The van der Waals surface area contributed by atoms with Gasteiger partial charge in [0.1, 0.15) is 5.52 Å². The Kier molecular flexibility index (Phi) is 5.73. The van der Waals surface area contributed by atoms with Crippen LogP contribution in [0.4, 0.5) is 10.5 Å². The molecule has 6 nitrogen and oxygen atoms in total. The minimum absolute atomic E-state index is 0.211. The van der Waals surface area contributed by atoms with Crippen molar-refractivity contribution >= 4 is 38.7 Å². The smallest absolute Gasteiger partial charge is 0.409 e. The van der Waals surface area contributed by atoms with Crippen molar-refractivity contribution in [1.29, 1.82) is 0 Å². The Bertz CT molecular complexity index is 753. The van der Waals surface area contributed by atoms with Gasteiger partial charge in [-0.15, -0.1) is 0 Å². The highest BCUT2D eigenvalue weighted by Gasteiger charge is 2.22. The van der Waals surface area contributed by atoms with Gasteiger partial charge in [0.15, 0.2) is 0 Å². The Morgan fingerprint density at radius 1 is 1.28 bits per heavy atom. The Balaban J connectivity index is 1.72. The number of amides is 1. The first-order valence-electron chi connectivity index (χ1n) is 8.61. The summed E-state index contributed by atoms with van der Waals surface area (Å²) in [4.78, 5) is 25.2. The molecule has 0 aromatic carbocycles. The van der Waals surface area contributed by atoms with Crippen molar-refractivity contribution < 1.29 is 9.53 Å². The van der Waals surface area contributed by atoms with Gasteiger partial charge >= 0.3 is 6.09 Å². The number of nitrogens with zero attached hydrogens (tertiary/aromatic N) is 4. The Labute approximate surface area is 156 Å². The molecule has 7 heteroatoms.